The van der Waals surface area contributed by atoms with E-state index in [-0.39, 0.29) is 12.0 Å². The normalized spacial score (nSPS) is 18.6. The van der Waals surface area contributed by atoms with E-state index in [1.807, 2.05) is 11.8 Å². The van der Waals surface area contributed by atoms with Crippen LogP contribution in [-0.2, 0) is 4.74 Å². The molecule has 108 valence electrons. The fourth-order valence-corrected chi connectivity index (χ4v) is 2.04. The first-order valence-corrected chi connectivity index (χ1v) is 6.80. The van der Waals surface area contributed by atoms with E-state index in [0.717, 1.165) is 0 Å². The van der Waals surface area contributed by atoms with Crippen LogP contribution in [0.2, 0.25) is 0 Å². The van der Waals surface area contributed by atoms with Gasteiger partial charge in [-0.2, -0.15) is 0 Å². The first-order chi connectivity index (χ1) is 9.61. The zero-order valence-corrected chi connectivity index (χ0v) is 12.0. The van der Waals surface area contributed by atoms with Gasteiger partial charge in [0.05, 0.1) is 13.2 Å². The topological polar surface area (TPSA) is 93.4 Å². The van der Waals surface area contributed by atoms with Crippen LogP contribution < -0.4 is 16.0 Å². The zero-order valence-electron chi connectivity index (χ0n) is 11.2. The van der Waals surface area contributed by atoms with Crippen LogP contribution in [0.25, 0.3) is 0 Å². The van der Waals surface area contributed by atoms with E-state index in [1.54, 1.807) is 12.1 Å². The third-order valence-electron chi connectivity index (χ3n) is 2.93. The summed E-state index contributed by atoms with van der Waals surface area (Å²) in [4.78, 5) is 13.9. The van der Waals surface area contributed by atoms with Gasteiger partial charge in [-0.3, -0.25) is 4.79 Å². The molecule has 0 saturated carbocycles. The summed E-state index contributed by atoms with van der Waals surface area (Å²) >= 11 is 4.94. The summed E-state index contributed by atoms with van der Waals surface area (Å²) < 4.78 is 5.46. The Morgan fingerprint density at radius 1 is 1.60 bits per heavy atom. The number of carbonyl (C=O) groups excluding carboxylic acids is 1. The minimum atomic E-state index is -0.274. The van der Waals surface area contributed by atoms with Gasteiger partial charge in [0.15, 0.2) is 11.5 Å². The second-order valence-electron chi connectivity index (χ2n) is 4.34. The fraction of sp³-hybridized carbons (Fsp3) is 0.500. The molecule has 1 aromatic heterocycles. The van der Waals surface area contributed by atoms with Crippen molar-refractivity contribution in [3.63, 3.8) is 0 Å². The fourth-order valence-electron chi connectivity index (χ4n) is 1.90. The predicted octanol–water partition coefficient (Wildman–Crippen LogP) is -0.282. The summed E-state index contributed by atoms with van der Waals surface area (Å²) in [5.41, 5.74) is 5.90. The van der Waals surface area contributed by atoms with Gasteiger partial charge in [0.2, 0.25) is 0 Å². The Hall–Kier alpha value is -1.80. The Bertz CT molecular complexity index is 493. The third-order valence-corrected chi connectivity index (χ3v) is 3.19. The number of hydrogen-bond acceptors (Lipinski definition) is 6. The number of aromatic nitrogens is 2. The van der Waals surface area contributed by atoms with Crippen LogP contribution in [-0.4, -0.2) is 53.4 Å². The Labute approximate surface area is 122 Å². The van der Waals surface area contributed by atoms with Crippen LogP contribution in [0.15, 0.2) is 12.1 Å². The van der Waals surface area contributed by atoms with Crippen molar-refractivity contribution in [2.45, 2.75) is 13.0 Å². The molecular weight excluding hydrogens is 278 g/mol. The number of anilines is 1. The maximum absolute atomic E-state index is 11.6. The number of nitrogens with one attached hydrogen (secondary N) is 1. The lowest BCUT2D eigenvalue weighted by Crippen LogP contribution is -2.48. The second kappa shape index (κ2) is 6.58. The van der Waals surface area contributed by atoms with E-state index < -0.39 is 0 Å². The van der Waals surface area contributed by atoms with E-state index in [4.69, 9.17) is 22.7 Å². The molecule has 0 aliphatic carbocycles. The maximum atomic E-state index is 11.6. The summed E-state index contributed by atoms with van der Waals surface area (Å²) in [7, 11) is 0. The summed E-state index contributed by atoms with van der Waals surface area (Å²) in [5, 5.41) is 10.7. The number of nitrogens with two attached hydrogens (primary N) is 1. The van der Waals surface area contributed by atoms with Gasteiger partial charge in [-0.05, 0) is 19.1 Å². The minimum Gasteiger partial charge on any atom is -0.391 e. The smallest absolute Gasteiger partial charge is 0.271 e. The molecule has 2 rings (SSSR count). The van der Waals surface area contributed by atoms with Gasteiger partial charge in [-0.15, -0.1) is 10.2 Å². The van der Waals surface area contributed by atoms with Gasteiger partial charge in [-0.25, -0.2) is 0 Å². The van der Waals surface area contributed by atoms with Crippen molar-refractivity contribution < 1.29 is 9.53 Å². The van der Waals surface area contributed by atoms with E-state index >= 15 is 0 Å². The molecule has 7 nitrogen and oxygen atoms in total. The first kappa shape index (κ1) is 14.6. The standard InChI is InChI=1S/C12H17N5O2S/c1-2-14-12(18)8-3-4-10(16-15-8)17-5-6-19-9(7-17)11(13)20/h3-4,9H,2,5-7H2,1H3,(H2,13,20)(H,14,18). The molecule has 1 saturated heterocycles. The van der Waals surface area contributed by atoms with Gasteiger partial charge in [-0.1, -0.05) is 12.2 Å². The summed E-state index contributed by atoms with van der Waals surface area (Å²) in [5.74, 6) is 0.456. The SMILES string of the molecule is CCNC(=O)c1ccc(N2CCOC(C(N)=S)C2)nn1. The largest absolute Gasteiger partial charge is 0.391 e. The first-order valence-electron chi connectivity index (χ1n) is 6.39. The van der Waals surface area contributed by atoms with E-state index in [1.165, 1.54) is 0 Å². The summed E-state index contributed by atoms with van der Waals surface area (Å²) in [6, 6.07) is 3.41. The Balaban J connectivity index is 2.06. The molecule has 0 spiro atoms. The van der Waals surface area contributed by atoms with Crippen molar-refractivity contribution in [1.29, 1.82) is 0 Å². The van der Waals surface area contributed by atoms with Crippen molar-refractivity contribution >= 4 is 28.9 Å². The molecular formula is C12H17N5O2S. The van der Waals surface area contributed by atoms with Crippen molar-refractivity contribution in [1.82, 2.24) is 15.5 Å². The lowest BCUT2D eigenvalue weighted by atomic mass is 10.2. The van der Waals surface area contributed by atoms with Crippen LogP contribution >= 0.6 is 12.2 Å². The lowest BCUT2D eigenvalue weighted by Gasteiger charge is -2.32. The quantitative estimate of drug-likeness (QED) is 0.738. The molecule has 2 heterocycles. The highest BCUT2D eigenvalue weighted by Crippen LogP contribution is 2.14. The molecule has 0 bridgehead atoms. The van der Waals surface area contributed by atoms with Crippen LogP contribution in [0.1, 0.15) is 17.4 Å². The molecule has 20 heavy (non-hydrogen) atoms. The summed E-state index contributed by atoms with van der Waals surface area (Å²) in [6.07, 6.45) is -0.274. The van der Waals surface area contributed by atoms with Crippen LogP contribution in [0.5, 0.6) is 0 Å². The number of thiocarbonyl (C=S) groups is 1. The van der Waals surface area contributed by atoms with Gasteiger partial charge < -0.3 is 20.7 Å². The highest BCUT2D eigenvalue weighted by molar-refractivity contribution is 7.80. The van der Waals surface area contributed by atoms with Gasteiger partial charge >= 0.3 is 0 Å². The van der Waals surface area contributed by atoms with Crippen LogP contribution in [0, 0.1) is 0 Å². The number of morpholine rings is 1. The second-order valence-corrected chi connectivity index (χ2v) is 4.82. The molecule has 1 fully saturated rings. The third kappa shape index (κ3) is 3.40. The average molecular weight is 295 g/mol. The lowest BCUT2D eigenvalue weighted by molar-refractivity contribution is 0.0843. The number of rotatable bonds is 4. The van der Waals surface area contributed by atoms with Crippen molar-refractivity contribution in [3.8, 4) is 0 Å². The average Bonchev–Trinajstić information content (AvgIpc) is 2.48. The Morgan fingerprint density at radius 2 is 2.40 bits per heavy atom. The van der Waals surface area contributed by atoms with Crippen LogP contribution in [0.4, 0.5) is 5.82 Å². The van der Waals surface area contributed by atoms with E-state index in [9.17, 15) is 4.79 Å². The predicted molar refractivity (Wildman–Crippen MR) is 78.8 cm³/mol. The number of carbonyl (C=O) groups is 1. The van der Waals surface area contributed by atoms with Crippen LogP contribution in [0.3, 0.4) is 0 Å². The van der Waals surface area contributed by atoms with E-state index in [0.29, 0.717) is 42.7 Å². The van der Waals surface area contributed by atoms with Gasteiger partial charge in [0, 0.05) is 13.1 Å². The summed E-state index contributed by atoms with van der Waals surface area (Å²) in [6.45, 7) is 4.17. The Morgan fingerprint density at radius 3 is 3.00 bits per heavy atom. The minimum absolute atomic E-state index is 0.227. The monoisotopic (exact) mass is 295 g/mol. The molecule has 1 aliphatic heterocycles. The highest BCUT2D eigenvalue weighted by Gasteiger charge is 2.23. The number of hydrogen-bond donors (Lipinski definition) is 2. The van der Waals surface area contributed by atoms with E-state index in [2.05, 4.69) is 15.5 Å². The Kier molecular flexibility index (Phi) is 4.80. The number of nitrogens with zero attached hydrogens (tertiary/aromatic N) is 3. The molecule has 1 amide bonds. The van der Waals surface area contributed by atoms with Gasteiger partial charge in [0.1, 0.15) is 11.1 Å². The molecule has 1 atom stereocenters. The molecule has 0 radical (unpaired) electrons. The molecule has 1 aliphatic rings. The molecule has 8 heteroatoms. The molecule has 1 aromatic rings. The molecule has 1 unspecified atom stereocenters. The maximum Gasteiger partial charge on any atom is 0.271 e. The zero-order chi connectivity index (χ0) is 14.5. The van der Waals surface area contributed by atoms with Gasteiger partial charge in [0.25, 0.3) is 5.91 Å². The number of amides is 1. The van der Waals surface area contributed by atoms with Crippen molar-refractivity contribution in [2.24, 2.45) is 5.73 Å². The van der Waals surface area contributed by atoms with Crippen molar-refractivity contribution in [2.75, 3.05) is 31.1 Å². The highest BCUT2D eigenvalue weighted by atomic mass is 32.1. The molecule has 0 aromatic carbocycles. The molecule has 3 N–H and O–H groups in total. The number of ether oxygens (including phenoxy) is 1. The van der Waals surface area contributed by atoms with Crippen molar-refractivity contribution in [3.05, 3.63) is 17.8 Å².